The second kappa shape index (κ2) is 5.86. The molecule has 0 spiro atoms. The lowest BCUT2D eigenvalue weighted by Crippen LogP contribution is -2.41. The standard InChI is InChI=1S/C12H23BN2O3/c1-6-15(9-10-16)14-8-7-13-17-11(2,3)12(4,5)18-13/h6,8,16H,1,7,9-10H2,2-5H3/b14-8-. The van der Waals surface area contributed by atoms with E-state index >= 15 is 0 Å². The summed E-state index contributed by atoms with van der Waals surface area (Å²) in [5.74, 6) is 0. The van der Waals surface area contributed by atoms with Crippen molar-refractivity contribution in [1.82, 2.24) is 5.01 Å². The predicted octanol–water partition coefficient (Wildman–Crippen LogP) is 1.50. The molecule has 1 saturated heterocycles. The molecule has 0 radical (unpaired) electrons. The van der Waals surface area contributed by atoms with Gasteiger partial charge in [-0.1, -0.05) is 6.58 Å². The quantitative estimate of drug-likeness (QED) is 0.443. The number of hydrazone groups is 1. The van der Waals surface area contributed by atoms with Crippen molar-refractivity contribution in [1.29, 1.82) is 0 Å². The molecule has 102 valence electrons. The van der Waals surface area contributed by atoms with E-state index in [2.05, 4.69) is 11.7 Å². The van der Waals surface area contributed by atoms with Crippen LogP contribution in [0.3, 0.4) is 0 Å². The Morgan fingerprint density at radius 1 is 1.28 bits per heavy atom. The van der Waals surface area contributed by atoms with Gasteiger partial charge in [0.25, 0.3) is 0 Å². The summed E-state index contributed by atoms with van der Waals surface area (Å²) in [5, 5.41) is 14.5. The molecule has 1 aliphatic rings. The van der Waals surface area contributed by atoms with Gasteiger partial charge in [-0.05, 0) is 27.7 Å². The molecule has 0 aromatic carbocycles. The molecule has 1 heterocycles. The molecule has 18 heavy (non-hydrogen) atoms. The van der Waals surface area contributed by atoms with Gasteiger partial charge < -0.3 is 14.4 Å². The first kappa shape index (κ1) is 15.2. The third kappa shape index (κ3) is 3.57. The molecule has 6 heteroatoms. The Morgan fingerprint density at radius 3 is 2.28 bits per heavy atom. The van der Waals surface area contributed by atoms with Crippen molar-refractivity contribution in [3.63, 3.8) is 0 Å². The van der Waals surface area contributed by atoms with E-state index in [9.17, 15) is 0 Å². The zero-order valence-electron chi connectivity index (χ0n) is 11.7. The fraction of sp³-hybridized carbons (Fsp3) is 0.750. The van der Waals surface area contributed by atoms with Crippen LogP contribution in [-0.4, -0.2) is 47.8 Å². The average Bonchev–Trinajstić information content (AvgIpc) is 2.46. The van der Waals surface area contributed by atoms with E-state index in [0.717, 1.165) is 0 Å². The van der Waals surface area contributed by atoms with E-state index in [1.54, 1.807) is 17.4 Å². The molecule has 1 rings (SSSR count). The van der Waals surface area contributed by atoms with Crippen molar-refractivity contribution in [3.8, 4) is 0 Å². The van der Waals surface area contributed by atoms with Crippen molar-refractivity contribution in [2.24, 2.45) is 5.10 Å². The van der Waals surface area contributed by atoms with Crippen LogP contribution in [0, 0.1) is 0 Å². The second-order valence-electron chi connectivity index (χ2n) is 5.29. The maximum Gasteiger partial charge on any atom is 0.463 e. The van der Waals surface area contributed by atoms with Crippen molar-refractivity contribution < 1.29 is 14.4 Å². The van der Waals surface area contributed by atoms with Gasteiger partial charge in [-0.15, -0.1) is 0 Å². The molecular weight excluding hydrogens is 231 g/mol. The van der Waals surface area contributed by atoms with Gasteiger partial charge in [0.05, 0.1) is 24.4 Å². The second-order valence-corrected chi connectivity index (χ2v) is 5.29. The van der Waals surface area contributed by atoms with Gasteiger partial charge in [-0.2, -0.15) is 5.10 Å². The van der Waals surface area contributed by atoms with Gasteiger partial charge in [0, 0.05) is 18.7 Å². The zero-order chi connectivity index (χ0) is 13.8. The lowest BCUT2D eigenvalue weighted by Gasteiger charge is -2.32. The minimum Gasteiger partial charge on any atom is -0.403 e. The van der Waals surface area contributed by atoms with Crippen LogP contribution in [0.2, 0.25) is 6.32 Å². The Kier molecular flexibility index (Phi) is 4.96. The van der Waals surface area contributed by atoms with Crippen LogP contribution in [0.4, 0.5) is 0 Å². The fourth-order valence-corrected chi connectivity index (χ4v) is 1.60. The summed E-state index contributed by atoms with van der Waals surface area (Å²) >= 11 is 0. The molecule has 0 aromatic heterocycles. The van der Waals surface area contributed by atoms with Crippen LogP contribution in [0.1, 0.15) is 27.7 Å². The van der Waals surface area contributed by atoms with E-state index in [0.29, 0.717) is 12.9 Å². The first-order valence-electron chi connectivity index (χ1n) is 6.20. The van der Waals surface area contributed by atoms with Crippen molar-refractivity contribution in [2.45, 2.75) is 45.2 Å². The molecule has 0 saturated carbocycles. The molecular formula is C12H23BN2O3. The Bertz CT molecular complexity index is 302. The Balaban J connectivity index is 2.46. The first-order valence-corrected chi connectivity index (χ1v) is 6.20. The SMILES string of the molecule is C=CN(CCO)/N=C\CB1OC(C)(C)C(C)(C)O1. The molecule has 0 atom stereocenters. The Hall–Kier alpha value is -0.845. The van der Waals surface area contributed by atoms with Gasteiger partial charge in [-0.25, -0.2) is 0 Å². The van der Waals surface area contributed by atoms with Crippen LogP contribution in [0.25, 0.3) is 0 Å². The summed E-state index contributed by atoms with van der Waals surface area (Å²) < 4.78 is 11.7. The topological polar surface area (TPSA) is 54.3 Å². The van der Waals surface area contributed by atoms with Gasteiger partial charge in [0.2, 0.25) is 0 Å². The average molecular weight is 254 g/mol. The number of aliphatic hydroxyl groups is 1. The van der Waals surface area contributed by atoms with E-state index in [1.165, 1.54) is 0 Å². The van der Waals surface area contributed by atoms with Crippen LogP contribution >= 0.6 is 0 Å². The van der Waals surface area contributed by atoms with Gasteiger partial charge in [-0.3, -0.25) is 5.01 Å². The molecule has 0 aliphatic carbocycles. The number of aliphatic hydroxyl groups excluding tert-OH is 1. The Morgan fingerprint density at radius 2 is 1.83 bits per heavy atom. The zero-order valence-corrected chi connectivity index (χ0v) is 11.7. The normalized spacial score (nSPS) is 21.5. The number of hydrogen-bond acceptors (Lipinski definition) is 5. The van der Waals surface area contributed by atoms with E-state index in [-0.39, 0.29) is 24.9 Å². The maximum atomic E-state index is 8.80. The van der Waals surface area contributed by atoms with E-state index in [1.807, 2.05) is 27.7 Å². The Labute approximate surface area is 110 Å². The number of hydrogen-bond donors (Lipinski definition) is 1. The summed E-state index contributed by atoms with van der Waals surface area (Å²) in [5.41, 5.74) is -0.622. The van der Waals surface area contributed by atoms with Crippen LogP contribution < -0.4 is 0 Å². The van der Waals surface area contributed by atoms with Gasteiger partial charge in [0.15, 0.2) is 0 Å². The highest BCUT2D eigenvalue weighted by molar-refractivity contribution is 6.49. The fourth-order valence-electron chi connectivity index (χ4n) is 1.60. The van der Waals surface area contributed by atoms with Crippen LogP contribution in [-0.2, 0) is 9.31 Å². The third-order valence-corrected chi connectivity index (χ3v) is 3.37. The molecule has 0 unspecified atom stereocenters. The highest BCUT2D eigenvalue weighted by Gasteiger charge is 2.50. The van der Waals surface area contributed by atoms with E-state index in [4.69, 9.17) is 14.4 Å². The third-order valence-electron chi connectivity index (χ3n) is 3.37. The minimum absolute atomic E-state index is 0.0415. The minimum atomic E-state index is -0.311. The summed E-state index contributed by atoms with van der Waals surface area (Å²) in [7, 11) is -0.278. The summed E-state index contributed by atoms with van der Waals surface area (Å²) in [6.45, 7) is 12.2. The molecule has 1 N–H and O–H groups in total. The lowest BCUT2D eigenvalue weighted by molar-refractivity contribution is 0.00578. The first-order chi connectivity index (χ1) is 8.32. The lowest BCUT2D eigenvalue weighted by atomic mass is 9.86. The largest absolute Gasteiger partial charge is 0.463 e. The highest BCUT2D eigenvalue weighted by Crippen LogP contribution is 2.37. The smallest absolute Gasteiger partial charge is 0.403 e. The molecule has 0 aromatic rings. The summed E-state index contributed by atoms with van der Waals surface area (Å²) in [4.78, 5) is 0. The number of rotatable bonds is 6. The molecule has 1 fully saturated rings. The molecule has 0 bridgehead atoms. The van der Waals surface area contributed by atoms with Crippen LogP contribution in [0.15, 0.2) is 17.9 Å². The monoisotopic (exact) mass is 254 g/mol. The van der Waals surface area contributed by atoms with Gasteiger partial charge >= 0.3 is 7.12 Å². The van der Waals surface area contributed by atoms with Crippen molar-refractivity contribution in [3.05, 3.63) is 12.8 Å². The highest BCUT2D eigenvalue weighted by atomic mass is 16.7. The summed E-state index contributed by atoms with van der Waals surface area (Å²) in [6.07, 6.45) is 3.86. The molecule has 0 amide bonds. The predicted molar refractivity (Wildman–Crippen MR) is 73.4 cm³/mol. The summed E-state index contributed by atoms with van der Waals surface area (Å²) in [6, 6.07) is 0. The van der Waals surface area contributed by atoms with Crippen molar-refractivity contribution in [2.75, 3.05) is 13.2 Å². The van der Waals surface area contributed by atoms with Crippen molar-refractivity contribution >= 4 is 13.3 Å². The van der Waals surface area contributed by atoms with Gasteiger partial charge in [0.1, 0.15) is 0 Å². The maximum absolute atomic E-state index is 8.80. The molecule has 1 aliphatic heterocycles. The molecule has 5 nitrogen and oxygen atoms in total. The van der Waals surface area contributed by atoms with Crippen LogP contribution in [0.5, 0.6) is 0 Å². The number of nitrogens with zero attached hydrogens (tertiary/aromatic N) is 2. The van der Waals surface area contributed by atoms with E-state index < -0.39 is 0 Å².